The highest BCUT2D eigenvalue weighted by Gasteiger charge is 2.21. The Labute approximate surface area is 133 Å². The number of halogens is 2. The molecule has 5 nitrogen and oxygen atoms in total. The van der Waals surface area contributed by atoms with Crippen LogP contribution in [0.15, 0.2) is 24.5 Å². The van der Waals surface area contributed by atoms with Gasteiger partial charge in [-0.15, -0.1) is 0 Å². The van der Waals surface area contributed by atoms with E-state index in [0.29, 0.717) is 22.8 Å². The molecule has 0 aliphatic carbocycles. The minimum absolute atomic E-state index is 0.392. The SMILES string of the molecule is CCN1CCN(c2ncnc(-c3ccc(F)c(F)c3)c2N)CC1. The molecule has 2 heterocycles. The van der Waals surface area contributed by atoms with E-state index < -0.39 is 11.6 Å². The third kappa shape index (κ3) is 3.10. The van der Waals surface area contributed by atoms with Gasteiger partial charge in [0.25, 0.3) is 0 Å². The summed E-state index contributed by atoms with van der Waals surface area (Å²) in [6, 6.07) is 3.65. The topological polar surface area (TPSA) is 58.3 Å². The molecule has 0 radical (unpaired) electrons. The number of hydrogen-bond acceptors (Lipinski definition) is 5. The van der Waals surface area contributed by atoms with Gasteiger partial charge in [-0.05, 0) is 24.7 Å². The molecule has 0 amide bonds. The lowest BCUT2D eigenvalue weighted by atomic mass is 10.1. The van der Waals surface area contributed by atoms with Crippen molar-refractivity contribution in [3.8, 4) is 11.3 Å². The predicted molar refractivity (Wildman–Crippen MR) is 86.1 cm³/mol. The van der Waals surface area contributed by atoms with Crippen LogP contribution in [0, 0.1) is 11.6 Å². The fourth-order valence-electron chi connectivity index (χ4n) is 2.79. The van der Waals surface area contributed by atoms with Crippen LogP contribution >= 0.6 is 0 Å². The first-order chi connectivity index (χ1) is 11.1. The van der Waals surface area contributed by atoms with E-state index in [0.717, 1.165) is 44.9 Å². The van der Waals surface area contributed by atoms with Crippen LogP contribution in [0.4, 0.5) is 20.3 Å². The lowest BCUT2D eigenvalue weighted by Gasteiger charge is -2.35. The van der Waals surface area contributed by atoms with Crippen molar-refractivity contribution in [2.45, 2.75) is 6.92 Å². The van der Waals surface area contributed by atoms with Gasteiger partial charge in [0.2, 0.25) is 0 Å². The Morgan fingerprint density at radius 1 is 1.09 bits per heavy atom. The summed E-state index contributed by atoms with van der Waals surface area (Å²) in [5.74, 6) is -1.16. The molecule has 7 heteroatoms. The second-order valence-electron chi connectivity index (χ2n) is 5.51. The summed E-state index contributed by atoms with van der Waals surface area (Å²) in [6.07, 6.45) is 1.41. The van der Waals surface area contributed by atoms with Crippen LogP contribution in [0.3, 0.4) is 0 Å². The molecule has 3 rings (SSSR count). The number of rotatable bonds is 3. The zero-order valence-electron chi connectivity index (χ0n) is 13.0. The van der Waals surface area contributed by atoms with E-state index in [1.807, 2.05) is 0 Å². The van der Waals surface area contributed by atoms with Crippen LogP contribution < -0.4 is 10.6 Å². The maximum atomic E-state index is 13.5. The van der Waals surface area contributed by atoms with E-state index in [2.05, 4.69) is 26.7 Å². The van der Waals surface area contributed by atoms with E-state index in [4.69, 9.17) is 5.73 Å². The highest BCUT2D eigenvalue weighted by Crippen LogP contribution is 2.31. The van der Waals surface area contributed by atoms with Gasteiger partial charge >= 0.3 is 0 Å². The van der Waals surface area contributed by atoms with Crippen LogP contribution in [0.5, 0.6) is 0 Å². The van der Waals surface area contributed by atoms with Crippen LogP contribution in [0.1, 0.15) is 6.92 Å². The van der Waals surface area contributed by atoms with E-state index in [9.17, 15) is 8.78 Å². The van der Waals surface area contributed by atoms with Crippen molar-refractivity contribution in [1.29, 1.82) is 0 Å². The Bertz CT molecular complexity index is 699. The third-order valence-electron chi connectivity index (χ3n) is 4.17. The highest BCUT2D eigenvalue weighted by molar-refractivity contribution is 5.80. The summed E-state index contributed by atoms with van der Waals surface area (Å²) in [6.45, 7) is 6.70. The van der Waals surface area contributed by atoms with Crippen LogP contribution in [-0.2, 0) is 0 Å². The van der Waals surface area contributed by atoms with Gasteiger partial charge in [0.1, 0.15) is 12.0 Å². The minimum atomic E-state index is -0.918. The van der Waals surface area contributed by atoms with Crippen LogP contribution in [0.2, 0.25) is 0 Å². The van der Waals surface area contributed by atoms with Gasteiger partial charge in [-0.2, -0.15) is 0 Å². The average molecular weight is 319 g/mol. The van der Waals surface area contributed by atoms with Crippen molar-refractivity contribution in [2.75, 3.05) is 43.4 Å². The van der Waals surface area contributed by atoms with E-state index in [-0.39, 0.29) is 0 Å². The monoisotopic (exact) mass is 319 g/mol. The van der Waals surface area contributed by atoms with E-state index >= 15 is 0 Å². The fraction of sp³-hybridized carbons (Fsp3) is 0.375. The Kier molecular flexibility index (Phi) is 4.38. The maximum absolute atomic E-state index is 13.5. The second kappa shape index (κ2) is 6.45. The second-order valence-corrected chi connectivity index (χ2v) is 5.51. The Morgan fingerprint density at radius 2 is 1.83 bits per heavy atom. The molecular weight excluding hydrogens is 300 g/mol. The molecule has 1 aromatic carbocycles. The van der Waals surface area contributed by atoms with Crippen molar-refractivity contribution in [1.82, 2.24) is 14.9 Å². The largest absolute Gasteiger partial charge is 0.394 e. The van der Waals surface area contributed by atoms with Crippen LogP contribution in [0.25, 0.3) is 11.3 Å². The summed E-state index contributed by atoms with van der Waals surface area (Å²) in [5, 5.41) is 0. The first-order valence-electron chi connectivity index (χ1n) is 7.63. The molecule has 2 aromatic rings. The lowest BCUT2D eigenvalue weighted by molar-refractivity contribution is 0.270. The molecule has 1 saturated heterocycles. The Balaban J connectivity index is 1.91. The Hall–Kier alpha value is -2.28. The number of aromatic nitrogens is 2. The molecule has 0 atom stereocenters. The number of nitrogens with zero attached hydrogens (tertiary/aromatic N) is 4. The van der Waals surface area contributed by atoms with Gasteiger partial charge in [0, 0.05) is 31.7 Å². The molecule has 1 fully saturated rings. The zero-order valence-corrected chi connectivity index (χ0v) is 13.0. The van der Waals surface area contributed by atoms with Crippen molar-refractivity contribution < 1.29 is 8.78 Å². The molecule has 0 unspecified atom stereocenters. The van der Waals surface area contributed by atoms with Crippen molar-refractivity contribution in [3.05, 3.63) is 36.2 Å². The molecule has 1 aliphatic rings. The molecule has 2 N–H and O–H groups in total. The van der Waals surface area contributed by atoms with Gasteiger partial charge in [0.05, 0.1) is 5.69 Å². The number of piperazine rings is 1. The quantitative estimate of drug-likeness (QED) is 0.939. The molecule has 122 valence electrons. The minimum Gasteiger partial charge on any atom is -0.394 e. The normalized spacial score (nSPS) is 15.9. The number of benzene rings is 1. The summed E-state index contributed by atoms with van der Waals surface area (Å²) in [7, 11) is 0. The van der Waals surface area contributed by atoms with Gasteiger partial charge in [-0.25, -0.2) is 18.7 Å². The zero-order chi connectivity index (χ0) is 16.4. The first kappa shape index (κ1) is 15.6. The molecule has 1 aliphatic heterocycles. The van der Waals surface area contributed by atoms with E-state index in [1.54, 1.807) is 0 Å². The van der Waals surface area contributed by atoms with Gasteiger partial charge in [0.15, 0.2) is 17.5 Å². The first-order valence-corrected chi connectivity index (χ1v) is 7.63. The fourth-order valence-corrected chi connectivity index (χ4v) is 2.79. The number of hydrogen-bond donors (Lipinski definition) is 1. The summed E-state index contributed by atoms with van der Waals surface area (Å²) >= 11 is 0. The standard InChI is InChI=1S/C16H19F2N5/c1-2-22-5-7-23(8-6-22)16-14(19)15(20-10-21-16)11-3-4-12(17)13(18)9-11/h3-4,9-10H,2,5-8,19H2,1H3. The number of anilines is 2. The van der Waals surface area contributed by atoms with Crippen molar-refractivity contribution in [3.63, 3.8) is 0 Å². The average Bonchev–Trinajstić information content (AvgIpc) is 2.58. The summed E-state index contributed by atoms with van der Waals surface area (Å²) in [5.41, 5.74) is 7.46. The van der Waals surface area contributed by atoms with Gasteiger partial charge in [-0.1, -0.05) is 6.92 Å². The molecule has 23 heavy (non-hydrogen) atoms. The maximum Gasteiger partial charge on any atom is 0.159 e. The third-order valence-corrected chi connectivity index (χ3v) is 4.17. The predicted octanol–water partition coefficient (Wildman–Crippen LogP) is 2.15. The number of likely N-dealkylation sites (N-methyl/N-ethyl adjacent to an activating group) is 1. The number of nitrogens with two attached hydrogens (primary N) is 1. The van der Waals surface area contributed by atoms with Gasteiger partial charge in [-0.3, -0.25) is 0 Å². The van der Waals surface area contributed by atoms with Crippen molar-refractivity contribution in [2.24, 2.45) is 0 Å². The molecule has 0 saturated carbocycles. The summed E-state index contributed by atoms with van der Waals surface area (Å²) < 4.78 is 26.6. The molecular formula is C16H19F2N5. The summed E-state index contributed by atoms with van der Waals surface area (Å²) in [4.78, 5) is 12.9. The van der Waals surface area contributed by atoms with Gasteiger partial charge < -0.3 is 15.5 Å². The molecule has 0 spiro atoms. The molecule has 0 bridgehead atoms. The smallest absolute Gasteiger partial charge is 0.159 e. The van der Waals surface area contributed by atoms with E-state index in [1.165, 1.54) is 12.4 Å². The lowest BCUT2D eigenvalue weighted by Crippen LogP contribution is -2.46. The van der Waals surface area contributed by atoms with Crippen LogP contribution in [-0.4, -0.2) is 47.6 Å². The highest BCUT2D eigenvalue weighted by atomic mass is 19.2. The number of nitrogen functional groups attached to an aromatic ring is 1. The Morgan fingerprint density at radius 3 is 2.48 bits per heavy atom. The molecule has 1 aromatic heterocycles. The van der Waals surface area contributed by atoms with Crippen molar-refractivity contribution >= 4 is 11.5 Å².